The van der Waals surface area contributed by atoms with Crippen molar-refractivity contribution in [1.82, 2.24) is 10.2 Å². The lowest BCUT2D eigenvalue weighted by Crippen LogP contribution is -2.39. The van der Waals surface area contributed by atoms with Crippen molar-refractivity contribution < 1.29 is 9.18 Å². The first-order valence-corrected chi connectivity index (χ1v) is 9.93. The number of benzene rings is 1. The second-order valence-corrected chi connectivity index (χ2v) is 7.56. The number of nitrogens with one attached hydrogen (secondary N) is 1. The molecular formula is C20H24BrFN4O. The van der Waals surface area contributed by atoms with Crippen molar-refractivity contribution in [3.8, 4) is 0 Å². The van der Waals surface area contributed by atoms with Crippen molar-refractivity contribution in [3.05, 3.63) is 51.4 Å². The van der Waals surface area contributed by atoms with E-state index in [4.69, 9.17) is 5.73 Å². The number of halogens is 2. The molecule has 3 rings (SSSR count). The van der Waals surface area contributed by atoms with Crippen LogP contribution in [0.25, 0.3) is 0 Å². The number of anilines is 1. The van der Waals surface area contributed by atoms with Gasteiger partial charge in [0.05, 0.1) is 4.47 Å². The van der Waals surface area contributed by atoms with Gasteiger partial charge in [0.15, 0.2) is 0 Å². The summed E-state index contributed by atoms with van der Waals surface area (Å²) in [4.78, 5) is 18.8. The van der Waals surface area contributed by atoms with Gasteiger partial charge in [-0.15, -0.1) is 0 Å². The number of nitrogens with zero attached hydrogens (tertiary/aromatic N) is 2. The van der Waals surface area contributed by atoms with E-state index in [1.165, 1.54) is 23.3 Å². The predicted molar refractivity (Wildman–Crippen MR) is 110 cm³/mol. The first-order chi connectivity index (χ1) is 13.0. The van der Waals surface area contributed by atoms with Crippen LogP contribution in [0.5, 0.6) is 0 Å². The molecule has 1 aromatic rings. The van der Waals surface area contributed by atoms with Gasteiger partial charge in [-0.1, -0.05) is 13.0 Å². The molecule has 2 aliphatic heterocycles. The summed E-state index contributed by atoms with van der Waals surface area (Å²) in [6.45, 7) is 3.38. The summed E-state index contributed by atoms with van der Waals surface area (Å²) in [5.41, 5.74) is 8.74. The number of hydrogen-bond donors (Lipinski definition) is 2. The number of nitrogens with two attached hydrogens (primary N) is 1. The van der Waals surface area contributed by atoms with E-state index in [-0.39, 0.29) is 16.1 Å². The fourth-order valence-electron chi connectivity index (χ4n) is 3.69. The minimum absolute atomic E-state index is 0.176. The zero-order valence-corrected chi connectivity index (χ0v) is 17.1. The number of carbonyl (C=O) groups is 1. The molecule has 1 fully saturated rings. The number of aliphatic imine (C=N–C) groups is 1. The maximum Gasteiger partial charge on any atom is 0.254 e. The highest BCUT2D eigenvalue weighted by Gasteiger charge is 2.30. The van der Waals surface area contributed by atoms with Gasteiger partial charge < -0.3 is 16.0 Å². The van der Waals surface area contributed by atoms with Crippen LogP contribution < -0.4 is 11.1 Å². The highest BCUT2D eigenvalue weighted by Crippen LogP contribution is 2.33. The lowest BCUT2D eigenvalue weighted by atomic mass is 9.85. The van der Waals surface area contributed by atoms with Gasteiger partial charge in [-0.25, -0.2) is 4.39 Å². The fraction of sp³-hybridized carbons (Fsp3) is 0.400. The Kier molecular flexibility index (Phi) is 5.99. The van der Waals surface area contributed by atoms with Crippen LogP contribution in [0.4, 0.5) is 10.1 Å². The lowest BCUT2D eigenvalue weighted by Gasteiger charge is -2.33. The molecule has 1 amide bonds. The zero-order valence-electron chi connectivity index (χ0n) is 15.6. The topological polar surface area (TPSA) is 70.7 Å². The molecule has 144 valence electrons. The summed E-state index contributed by atoms with van der Waals surface area (Å²) < 4.78 is 14.1. The summed E-state index contributed by atoms with van der Waals surface area (Å²) in [5, 5.41) is 3.25. The second-order valence-electron chi connectivity index (χ2n) is 6.77. The number of amides is 1. The molecule has 0 spiro atoms. The van der Waals surface area contributed by atoms with Crippen LogP contribution in [0.1, 0.15) is 36.5 Å². The number of carbonyl (C=O) groups excluding carboxylic acids is 1. The molecule has 0 radical (unpaired) electrons. The van der Waals surface area contributed by atoms with Crippen molar-refractivity contribution in [1.29, 1.82) is 0 Å². The standard InChI is InChI=1S/C20H24BrFN4O/c1-3-4-14-15(11-25-19(14)24-2)12-5-7-26(8-6-12)20(27)13-9-16(22)18(21)17(23)10-13/h4,9-12H,3,5-8,23H2,1-2H3,(H,24,25)/b14-4-. The van der Waals surface area contributed by atoms with Crippen molar-refractivity contribution in [2.24, 2.45) is 10.9 Å². The number of nitrogen functional groups attached to an aromatic ring is 1. The highest BCUT2D eigenvalue weighted by atomic mass is 79.9. The van der Waals surface area contributed by atoms with Crippen molar-refractivity contribution in [2.75, 3.05) is 25.9 Å². The Morgan fingerprint density at radius 1 is 1.44 bits per heavy atom. The molecule has 0 unspecified atom stereocenters. The number of hydrogen-bond acceptors (Lipinski definition) is 3. The molecule has 5 nitrogen and oxygen atoms in total. The second kappa shape index (κ2) is 8.25. The molecule has 7 heteroatoms. The van der Waals surface area contributed by atoms with E-state index < -0.39 is 5.82 Å². The Bertz CT molecular complexity index is 815. The van der Waals surface area contributed by atoms with Gasteiger partial charge in [0, 0.05) is 43.2 Å². The van der Waals surface area contributed by atoms with Gasteiger partial charge in [-0.05, 0) is 58.8 Å². The smallest absolute Gasteiger partial charge is 0.254 e. The molecule has 1 aromatic carbocycles. The third kappa shape index (κ3) is 3.93. The summed E-state index contributed by atoms with van der Waals surface area (Å²) in [5.74, 6) is 0.595. The van der Waals surface area contributed by atoms with Crippen molar-refractivity contribution >= 4 is 33.4 Å². The molecule has 27 heavy (non-hydrogen) atoms. The Labute approximate surface area is 167 Å². The van der Waals surface area contributed by atoms with E-state index in [1.54, 1.807) is 11.9 Å². The van der Waals surface area contributed by atoms with Gasteiger partial charge >= 0.3 is 0 Å². The normalized spacial score (nSPS) is 20.9. The maximum atomic E-state index is 13.9. The molecule has 0 aliphatic carbocycles. The summed E-state index contributed by atoms with van der Waals surface area (Å²) in [7, 11) is 1.78. The van der Waals surface area contributed by atoms with E-state index >= 15 is 0 Å². The fourth-order valence-corrected chi connectivity index (χ4v) is 3.92. The van der Waals surface area contributed by atoms with Gasteiger partial charge in [0.1, 0.15) is 11.7 Å². The van der Waals surface area contributed by atoms with Crippen LogP contribution in [-0.2, 0) is 0 Å². The maximum absolute atomic E-state index is 13.9. The van der Waals surface area contributed by atoms with Crippen molar-refractivity contribution in [3.63, 3.8) is 0 Å². The molecule has 0 saturated carbocycles. The first kappa shape index (κ1) is 19.6. The van der Waals surface area contributed by atoms with Crippen LogP contribution >= 0.6 is 15.9 Å². The van der Waals surface area contributed by atoms with Gasteiger partial charge in [-0.3, -0.25) is 9.79 Å². The van der Waals surface area contributed by atoms with E-state index in [9.17, 15) is 9.18 Å². The number of rotatable bonds is 3. The minimum atomic E-state index is -0.517. The molecule has 0 atom stereocenters. The van der Waals surface area contributed by atoms with Crippen LogP contribution in [0.15, 0.2) is 45.0 Å². The van der Waals surface area contributed by atoms with Gasteiger partial charge in [0.2, 0.25) is 0 Å². The van der Waals surface area contributed by atoms with Crippen LogP contribution in [0.3, 0.4) is 0 Å². The van der Waals surface area contributed by atoms with Crippen molar-refractivity contribution in [2.45, 2.75) is 26.2 Å². The predicted octanol–water partition coefficient (Wildman–Crippen LogP) is 3.87. The lowest BCUT2D eigenvalue weighted by molar-refractivity contribution is 0.0702. The minimum Gasteiger partial charge on any atom is -0.398 e. The Morgan fingerprint density at radius 2 is 2.15 bits per heavy atom. The molecule has 0 aromatic heterocycles. The summed E-state index contributed by atoms with van der Waals surface area (Å²) in [6, 6.07) is 2.77. The van der Waals surface area contributed by atoms with Gasteiger partial charge in [-0.2, -0.15) is 0 Å². The van der Waals surface area contributed by atoms with Gasteiger partial charge in [0.25, 0.3) is 5.91 Å². The summed E-state index contributed by atoms with van der Waals surface area (Å²) >= 11 is 3.08. The van der Waals surface area contributed by atoms with E-state index in [0.717, 1.165) is 25.1 Å². The van der Waals surface area contributed by atoms with Crippen LogP contribution in [-0.4, -0.2) is 36.8 Å². The third-order valence-electron chi connectivity index (χ3n) is 5.09. The monoisotopic (exact) mass is 434 g/mol. The molecular weight excluding hydrogens is 411 g/mol. The number of allylic oxidation sites excluding steroid dienone is 1. The largest absolute Gasteiger partial charge is 0.398 e. The Morgan fingerprint density at radius 3 is 2.74 bits per heavy atom. The SMILES string of the molecule is CC/C=C1/C(C2CCN(C(=O)c3cc(N)c(Br)c(F)c3)CC2)=CNC1=NC. The Balaban J connectivity index is 1.69. The number of piperidine rings is 1. The molecule has 3 N–H and O–H groups in total. The first-order valence-electron chi connectivity index (χ1n) is 9.14. The van der Waals surface area contributed by atoms with E-state index in [2.05, 4.69) is 39.2 Å². The third-order valence-corrected chi connectivity index (χ3v) is 5.92. The quantitative estimate of drug-likeness (QED) is 0.709. The van der Waals surface area contributed by atoms with Crippen LogP contribution in [0.2, 0.25) is 0 Å². The molecule has 2 aliphatic rings. The Hall–Kier alpha value is -2.15. The number of amidine groups is 1. The van der Waals surface area contributed by atoms with E-state index in [0.29, 0.717) is 24.6 Å². The van der Waals surface area contributed by atoms with E-state index in [1.807, 2.05) is 6.20 Å². The molecule has 1 saturated heterocycles. The average Bonchev–Trinajstić information content (AvgIpc) is 3.08. The molecule has 0 bridgehead atoms. The highest BCUT2D eigenvalue weighted by molar-refractivity contribution is 9.10. The van der Waals surface area contributed by atoms with Crippen LogP contribution in [0, 0.1) is 11.7 Å². The average molecular weight is 435 g/mol. The molecule has 2 heterocycles. The number of likely N-dealkylation sites (tertiary alicyclic amines) is 1. The zero-order chi connectivity index (χ0) is 19.6. The summed E-state index contributed by atoms with van der Waals surface area (Å²) in [6.07, 6.45) is 6.91.